The summed E-state index contributed by atoms with van der Waals surface area (Å²) >= 11 is 0. The maximum atomic E-state index is 12.9. The van der Waals surface area contributed by atoms with E-state index in [1.165, 1.54) is 32.4 Å². The lowest BCUT2D eigenvalue weighted by Gasteiger charge is -2.50. The second-order valence-electron chi connectivity index (χ2n) is 7.95. The molecule has 0 bridgehead atoms. The highest BCUT2D eigenvalue weighted by Crippen LogP contribution is 2.32. The van der Waals surface area contributed by atoms with Crippen molar-refractivity contribution in [2.75, 3.05) is 46.3 Å². The first-order valence-electron chi connectivity index (χ1n) is 9.94. The molecule has 2 rings (SSSR count). The third kappa shape index (κ3) is 4.12. The van der Waals surface area contributed by atoms with Gasteiger partial charge in [0.15, 0.2) is 0 Å². The van der Waals surface area contributed by atoms with E-state index >= 15 is 0 Å². The molecule has 0 aromatic heterocycles. The number of carbonyl (C=O) groups is 1. The van der Waals surface area contributed by atoms with Gasteiger partial charge in [0, 0.05) is 18.6 Å². The van der Waals surface area contributed by atoms with E-state index < -0.39 is 5.41 Å². The Bertz CT molecular complexity index is 386. The summed E-state index contributed by atoms with van der Waals surface area (Å²) in [5.41, 5.74) is 5.70. The number of nitrogens with zero attached hydrogens (tertiary/aromatic N) is 2. The minimum Gasteiger partial charge on any atom is -0.354 e. The lowest BCUT2D eigenvalue weighted by Crippen LogP contribution is -2.62. The molecule has 2 aliphatic heterocycles. The molecule has 0 radical (unpaired) electrons. The molecule has 5 nitrogen and oxygen atoms in total. The summed E-state index contributed by atoms with van der Waals surface area (Å²) in [5, 5.41) is 3.32. The van der Waals surface area contributed by atoms with Crippen molar-refractivity contribution in [3.8, 4) is 0 Å². The zero-order chi connectivity index (χ0) is 17.6. The fraction of sp³-hybridized carbons (Fsp3) is 0.947. The molecular weight excluding hydrogens is 300 g/mol. The van der Waals surface area contributed by atoms with Crippen molar-refractivity contribution in [3.05, 3.63) is 0 Å². The van der Waals surface area contributed by atoms with Crippen molar-refractivity contribution in [3.63, 3.8) is 0 Å². The highest BCUT2D eigenvalue weighted by molar-refractivity contribution is 5.82. The number of carbonyl (C=O) groups excluding carboxylic acids is 1. The number of amides is 1. The summed E-state index contributed by atoms with van der Waals surface area (Å²) in [6.07, 6.45) is 7.86. The quantitative estimate of drug-likeness (QED) is 0.743. The van der Waals surface area contributed by atoms with Crippen LogP contribution in [0.5, 0.6) is 0 Å². The third-order valence-electron chi connectivity index (χ3n) is 6.75. The molecule has 2 fully saturated rings. The molecule has 2 heterocycles. The first-order chi connectivity index (χ1) is 11.5. The molecule has 0 aromatic carbocycles. The van der Waals surface area contributed by atoms with E-state index in [0.29, 0.717) is 6.54 Å². The summed E-state index contributed by atoms with van der Waals surface area (Å²) in [5.74, 6) is 0.158. The molecule has 0 aromatic rings. The summed E-state index contributed by atoms with van der Waals surface area (Å²) in [7, 11) is 2.20. The van der Waals surface area contributed by atoms with E-state index in [0.717, 1.165) is 45.3 Å². The van der Waals surface area contributed by atoms with Crippen LogP contribution in [0.2, 0.25) is 0 Å². The number of hydrogen-bond acceptors (Lipinski definition) is 4. The molecule has 0 spiro atoms. The van der Waals surface area contributed by atoms with Crippen molar-refractivity contribution < 1.29 is 4.79 Å². The lowest BCUT2D eigenvalue weighted by atomic mass is 9.80. The Morgan fingerprint density at radius 1 is 1.08 bits per heavy atom. The predicted octanol–water partition coefficient (Wildman–Crippen LogP) is 1.82. The second kappa shape index (κ2) is 8.63. The van der Waals surface area contributed by atoms with Crippen LogP contribution < -0.4 is 11.1 Å². The first-order valence-corrected chi connectivity index (χ1v) is 9.94. The standard InChI is InChI=1S/C19H38N4O/c1-4-18(5-2,15-20)17(24)21-16-19(9-13-22(3)14-10-19)23-11-7-6-8-12-23/h4-16,20H2,1-3H3,(H,21,24). The van der Waals surface area contributed by atoms with E-state index in [1.54, 1.807) is 0 Å². The van der Waals surface area contributed by atoms with Crippen molar-refractivity contribution in [1.82, 2.24) is 15.1 Å². The molecule has 0 aliphatic carbocycles. The summed E-state index contributed by atoms with van der Waals surface area (Å²) in [6, 6.07) is 0. The van der Waals surface area contributed by atoms with Crippen LogP contribution in [0.3, 0.4) is 0 Å². The molecule has 0 saturated carbocycles. The number of nitrogens with one attached hydrogen (secondary N) is 1. The van der Waals surface area contributed by atoms with Crippen LogP contribution in [0, 0.1) is 5.41 Å². The average Bonchev–Trinajstić information content (AvgIpc) is 2.64. The molecule has 2 aliphatic rings. The van der Waals surface area contributed by atoms with Gasteiger partial charge in [-0.3, -0.25) is 9.69 Å². The molecule has 0 unspecified atom stereocenters. The molecule has 5 heteroatoms. The molecule has 1 amide bonds. The van der Waals surface area contributed by atoms with Crippen LogP contribution in [0.4, 0.5) is 0 Å². The van der Waals surface area contributed by atoms with Gasteiger partial charge in [-0.2, -0.15) is 0 Å². The predicted molar refractivity (Wildman–Crippen MR) is 100.0 cm³/mol. The van der Waals surface area contributed by atoms with Crippen molar-refractivity contribution in [2.24, 2.45) is 11.1 Å². The van der Waals surface area contributed by atoms with Crippen LogP contribution in [-0.2, 0) is 4.79 Å². The topological polar surface area (TPSA) is 61.6 Å². The molecular formula is C19H38N4O. The van der Waals surface area contributed by atoms with Crippen molar-refractivity contribution in [2.45, 2.75) is 64.3 Å². The van der Waals surface area contributed by atoms with Crippen LogP contribution >= 0.6 is 0 Å². The Morgan fingerprint density at radius 2 is 1.67 bits per heavy atom. The number of likely N-dealkylation sites (tertiary alicyclic amines) is 2. The third-order valence-corrected chi connectivity index (χ3v) is 6.75. The Kier molecular flexibility index (Phi) is 7.08. The molecule has 0 atom stereocenters. The Hall–Kier alpha value is -0.650. The van der Waals surface area contributed by atoms with Gasteiger partial charge in [-0.25, -0.2) is 0 Å². The molecule has 140 valence electrons. The Labute approximate surface area is 148 Å². The van der Waals surface area contributed by atoms with E-state index in [1.807, 2.05) is 0 Å². The maximum absolute atomic E-state index is 12.9. The van der Waals surface area contributed by atoms with Gasteiger partial charge in [0.1, 0.15) is 0 Å². The van der Waals surface area contributed by atoms with Gasteiger partial charge in [0.25, 0.3) is 0 Å². The van der Waals surface area contributed by atoms with Crippen LogP contribution in [0.1, 0.15) is 58.8 Å². The highest BCUT2D eigenvalue weighted by atomic mass is 16.2. The highest BCUT2D eigenvalue weighted by Gasteiger charge is 2.41. The van der Waals surface area contributed by atoms with E-state index in [-0.39, 0.29) is 11.4 Å². The number of rotatable bonds is 7. The number of hydrogen-bond donors (Lipinski definition) is 2. The Morgan fingerprint density at radius 3 is 2.17 bits per heavy atom. The van der Waals surface area contributed by atoms with Crippen LogP contribution in [0.15, 0.2) is 0 Å². The number of nitrogens with two attached hydrogens (primary N) is 1. The van der Waals surface area contributed by atoms with Gasteiger partial charge in [0.2, 0.25) is 5.91 Å². The fourth-order valence-corrected chi connectivity index (χ4v) is 4.39. The minimum absolute atomic E-state index is 0.143. The fourth-order valence-electron chi connectivity index (χ4n) is 4.39. The average molecular weight is 339 g/mol. The molecule has 2 saturated heterocycles. The molecule has 3 N–H and O–H groups in total. The second-order valence-corrected chi connectivity index (χ2v) is 7.95. The van der Waals surface area contributed by atoms with E-state index in [4.69, 9.17) is 5.73 Å². The minimum atomic E-state index is -0.394. The van der Waals surface area contributed by atoms with Gasteiger partial charge in [-0.1, -0.05) is 20.3 Å². The summed E-state index contributed by atoms with van der Waals surface area (Å²) in [4.78, 5) is 18.0. The zero-order valence-electron chi connectivity index (χ0n) is 16.1. The monoisotopic (exact) mass is 338 g/mol. The van der Waals surface area contributed by atoms with Gasteiger partial charge >= 0.3 is 0 Å². The van der Waals surface area contributed by atoms with Gasteiger partial charge in [-0.15, -0.1) is 0 Å². The van der Waals surface area contributed by atoms with E-state index in [2.05, 4.69) is 36.0 Å². The summed E-state index contributed by atoms with van der Waals surface area (Å²) < 4.78 is 0. The van der Waals surface area contributed by atoms with E-state index in [9.17, 15) is 4.79 Å². The smallest absolute Gasteiger partial charge is 0.227 e. The van der Waals surface area contributed by atoms with Crippen molar-refractivity contribution in [1.29, 1.82) is 0 Å². The van der Waals surface area contributed by atoms with Gasteiger partial charge < -0.3 is 16.0 Å². The van der Waals surface area contributed by atoms with Crippen molar-refractivity contribution >= 4 is 5.91 Å². The lowest BCUT2D eigenvalue weighted by molar-refractivity contribution is -0.132. The van der Waals surface area contributed by atoms with Gasteiger partial charge in [0.05, 0.1) is 5.41 Å². The summed E-state index contributed by atoms with van der Waals surface area (Å²) in [6.45, 7) is 9.97. The van der Waals surface area contributed by atoms with Gasteiger partial charge in [-0.05, 0) is 71.8 Å². The van der Waals surface area contributed by atoms with Crippen LogP contribution in [0.25, 0.3) is 0 Å². The first kappa shape index (κ1) is 19.7. The zero-order valence-corrected chi connectivity index (χ0v) is 16.1. The SMILES string of the molecule is CCC(CC)(CN)C(=O)NCC1(N2CCCCC2)CCN(C)CC1. The Balaban J connectivity index is 2.07. The molecule has 24 heavy (non-hydrogen) atoms. The van der Waals surface area contributed by atoms with Crippen LogP contribution in [-0.4, -0.2) is 67.6 Å². The number of piperidine rings is 2. The maximum Gasteiger partial charge on any atom is 0.227 e. The normalized spacial score (nSPS) is 23.2. The largest absolute Gasteiger partial charge is 0.354 e.